The van der Waals surface area contributed by atoms with E-state index in [4.69, 9.17) is 13.9 Å². The summed E-state index contributed by atoms with van der Waals surface area (Å²) in [5, 5.41) is 3.02. The second-order valence-electron chi connectivity index (χ2n) is 5.29. The van der Waals surface area contributed by atoms with E-state index in [1.165, 1.54) is 0 Å². The van der Waals surface area contributed by atoms with E-state index < -0.39 is 0 Å². The van der Waals surface area contributed by atoms with Crippen LogP contribution >= 0.6 is 0 Å². The zero-order chi connectivity index (χ0) is 14.7. The molecule has 0 N–H and O–H groups in total. The summed E-state index contributed by atoms with van der Waals surface area (Å²) >= 11 is 0. The molecule has 0 aliphatic carbocycles. The lowest BCUT2D eigenvalue weighted by atomic mass is 10.0. The Hall–Kier alpha value is -3.01. The molecule has 1 aliphatic heterocycles. The standard InChI is InChI=1S/C18H10O4/c19-18-12-7-15-16(21-9-20-15)8-14(12)22-13-6-5-10-3-1-2-4-11(10)17(13)18/h1-8H,9H2. The van der Waals surface area contributed by atoms with Crippen LogP contribution < -0.4 is 14.9 Å². The Bertz CT molecular complexity index is 1120. The van der Waals surface area contributed by atoms with E-state index in [1.807, 2.05) is 36.4 Å². The summed E-state index contributed by atoms with van der Waals surface area (Å²) in [7, 11) is 0. The summed E-state index contributed by atoms with van der Waals surface area (Å²) in [6.07, 6.45) is 0. The van der Waals surface area contributed by atoms with E-state index in [1.54, 1.807) is 12.1 Å². The van der Waals surface area contributed by atoms with Gasteiger partial charge in [-0.25, -0.2) is 0 Å². The second-order valence-corrected chi connectivity index (χ2v) is 5.29. The van der Waals surface area contributed by atoms with Crippen molar-refractivity contribution in [3.05, 3.63) is 58.8 Å². The number of benzene rings is 3. The quantitative estimate of drug-likeness (QED) is 0.365. The smallest absolute Gasteiger partial charge is 0.231 e. The molecule has 2 heterocycles. The van der Waals surface area contributed by atoms with Gasteiger partial charge in [-0.3, -0.25) is 4.79 Å². The maximum absolute atomic E-state index is 12.9. The third kappa shape index (κ3) is 1.44. The summed E-state index contributed by atoms with van der Waals surface area (Å²) in [6.45, 7) is 0.169. The van der Waals surface area contributed by atoms with Crippen LogP contribution in [0.4, 0.5) is 0 Å². The minimum Gasteiger partial charge on any atom is -0.456 e. The summed E-state index contributed by atoms with van der Waals surface area (Å²) in [5.41, 5.74) is 1.04. The Balaban J connectivity index is 2.03. The number of fused-ring (bicyclic) bond motifs is 5. The van der Waals surface area contributed by atoms with Crippen LogP contribution in [0.15, 0.2) is 57.7 Å². The molecule has 0 amide bonds. The first-order valence-corrected chi connectivity index (χ1v) is 6.99. The molecule has 0 saturated heterocycles. The van der Waals surface area contributed by atoms with Crippen LogP contribution in [0.5, 0.6) is 11.5 Å². The Morgan fingerprint density at radius 3 is 2.55 bits per heavy atom. The largest absolute Gasteiger partial charge is 0.456 e. The van der Waals surface area contributed by atoms with E-state index in [0.717, 1.165) is 10.8 Å². The number of ether oxygens (including phenoxy) is 2. The van der Waals surface area contributed by atoms with Crippen molar-refractivity contribution >= 4 is 32.7 Å². The van der Waals surface area contributed by atoms with Gasteiger partial charge in [0.05, 0.1) is 10.8 Å². The highest BCUT2D eigenvalue weighted by Gasteiger charge is 2.18. The van der Waals surface area contributed by atoms with Crippen LogP contribution in [0, 0.1) is 0 Å². The molecule has 0 atom stereocenters. The van der Waals surface area contributed by atoms with Crippen LogP contribution in [0.2, 0.25) is 0 Å². The lowest BCUT2D eigenvalue weighted by Gasteiger charge is -2.05. The lowest BCUT2D eigenvalue weighted by molar-refractivity contribution is 0.174. The highest BCUT2D eigenvalue weighted by atomic mass is 16.7. The molecule has 0 spiro atoms. The number of hydrogen-bond donors (Lipinski definition) is 0. The maximum Gasteiger partial charge on any atom is 0.231 e. The van der Waals surface area contributed by atoms with Crippen molar-refractivity contribution in [2.24, 2.45) is 0 Å². The minimum atomic E-state index is -0.0497. The van der Waals surface area contributed by atoms with Gasteiger partial charge in [-0.15, -0.1) is 0 Å². The van der Waals surface area contributed by atoms with E-state index in [9.17, 15) is 4.79 Å². The predicted molar refractivity (Wildman–Crippen MR) is 83.6 cm³/mol. The minimum absolute atomic E-state index is 0.0497. The van der Waals surface area contributed by atoms with E-state index >= 15 is 0 Å². The normalized spacial score (nSPS) is 13.3. The van der Waals surface area contributed by atoms with Crippen LogP contribution in [0.3, 0.4) is 0 Å². The molecule has 106 valence electrons. The molecule has 0 radical (unpaired) electrons. The highest BCUT2D eigenvalue weighted by molar-refractivity contribution is 6.08. The average Bonchev–Trinajstić information content (AvgIpc) is 3.00. The summed E-state index contributed by atoms with van der Waals surface area (Å²) in [6, 6.07) is 15.0. The van der Waals surface area contributed by atoms with Gasteiger partial charge in [-0.2, -0.15) is 0 Å². The highest BCUT2D eigenvalue weighted by Crippen LogP contribution is 2.36. The zero-order valence-corrected chi connectivity index (χ0v) is 11.5. The summed E-state index contributed by atoms with van der Waals surface area (Å²) < 4.78 is 16.6. The van der Waals surface area contributed by atoms with Crippen LogP contribution in [-0.4, -0.2) is 6.79 Å². The van der Waals surface area contributed by atoms with Gasteiger partial charge in [0.2, 0.25) is 12.2 Å². The monoisotopic (exact) mass is 290 g/mol. The van der Waals surface area contributed by atoms with Gasteiger partial charge in [-0.1, -0.05) is 30.3 Å². The Morgan fingerprint density at radius 1 is 0.818 bits per heavy atom. The van der Waals surface area contributed by atoms with E-state index in [-0.39, 0.29) is 12.2 Å². The third-order valence-electron chi connectivity index (χ3n) is 4.06. The van der Waals surface area contributed by atoms with Crippen molar-refractivity contribution in [1.82, 2.24) is 0 Å². The molecule has 4 nitrogen and oxygen atoms in total. The van der Waals surface area contributed by atoms with Crippen molar-refractivity contribution in [3.8, 4) is 11.5 Å². The van der Waals surface area contributed by atoms with Crippen molar-refractivity contribution in [2.45, 2.75) is 0 Å². The van der Waals surface area contributed by atoms with Crippen LogP contribution in [0.1, 0.15) is 0 Å². The summed E-state index contributed by atoms with van der Waals surface area (Å²) in [4.78, 5) is 12.9. The molecule has 22 heavy (non-hydrogen) atoms. The Labute approximate surface area is 124 Å². The number of hydrogen-bond acceptors (Lipinski definition) is 4. The van der Waals surface area contributed by atoms with Crippen LogP contribution in [-0.2, 0) is 0 Å². The van der Waals surface area contributed by atoms with E-state index in [2.05, 4.69) is 0 Å². The first kappa shape index (κ1) is 11.6. The number of rotatable bonds is 0. The van der Waals surface area contributed by atoms with E-state index in [0.29, 0.717) is 33.4 Å². The average molecular weight is 290 g/mol. The lowest BCUT2D eigenvalue weighted by Crippen LogP contribution is -2.02. The molecule has 3 aromatic carbocycles. The maximum atomic E-state index is 12.9. The first-order chi connectivity index (χ1) is 10.8. The van der Waals surface area contributed by atoms with Gasteiger partial charge in [0, 0.05) is 6.07 Å². The predicted octanol–water partition coefficient (Wildman–Crippen LogP) is 3.83. The van der Waals surface area contributed by atoms with Gasteiger partial charge < -0.3 is 13.9 Å². The zero-order valence-electron chi connectivity index (χ0n) is 11.5. The topological polar surface area (TPSA) is 48.7 Å². The molecule has 1 aromatic heterocycles. The molecule has 0 bridgehead atoms. The second kappa shape index (κ2) is 4.01. The molecule has 4 heteroatoms. The van der Waals surface area contributed by atoms with Crippen molar-refractivity contribution < 1.29 is 13.9 Å². The van der Waals surface area contributed by atoms with Gasteiger partial charge in [0.15, 0.2) is 11.5 Å². The molecular weight excluding hydrogens is 280 g/mol. The van der Waals surface area contributed by atoms with Gasteiger partial charge in [-0.05, 0) is 22.9 Å². The Kier molecular flexibility index (Phi) is 2.12. The Morgan fingerprint density at radius 2 is 1.64 bits per heavy atom. The van der Waals surface area contributed by atoms with Crippen molar-refractivity contribution in [3.63, 3.8) is 0 Å². The van der Waals surface area contributed by atoms with Crippen LogP contribution in [0.25, 0.3) is 32.7 Å². The fourth-order valence-electron chi connectivity index (χ4n) is 3.01. The van der Waals surface area contributed by atoms with Gasteiger partial charge in [0.25, 0.3) is 0 Å². The van der Waals surface area contributed by atoms with Crippen molar-refractivity contribution in [1.29, 1.82) is 0 Å². The fourth-order valence-corrected chi connectivity index (χ4v) is 3.01. The molecule has 0 unspecified atom stereocenters. The fraction of sp³-hybridized carbons (Fsp3) is 0.0556. The molecule has 0 saturated carbocycles. The molecule has 5 rings (SSSR count). The van der Waals surface area contributed by atoms with Gasteiger partial charge >= 0.3 is 0 Å². The van der Waals surface area contributed by atoms with Gasteiger partial charge in [0.1, 0.15) is 11.2 Å². The first-order valence-electron chi connectivity index (χ1n) is 6.99. The molecule has 4 aromatic rings. The van der Waals surface area contributed by atoms with Crippen molar-refractivity contribution in [2.75, 3.05) is 6.79 Å². The molecular formula is C18H10O4. The SMILES string of the molecule is O=c1c2cc3c(cc2oc2ccc4ccccc4c12)OCO3. The molecule has 0 fully saturated rings. The summed E-state index contributed by atoms with van der Waals surface area (Å²) in [5.74, 6) is 1.19. The third-order valence-corrected chi connectivity index (χ3v) is 4.06. The molecule has 1 aliphatic rings.